The number of carboxylic acids is 1. The average Bonchev–Trinajstić information content (AvgIpc) is 2.88. The second kappa shape index (κ2) is 5.61. The van der Waals surface area contributed by atoms with Crippen molar-refractivity contribution in [3.8, 4) is 11.5 Å². The zero-order valence-electron chi connectivity index (χ0n) is 10.4. The van der Waals surface area contributed by atoms with E-state index in [2.05, 4.69) is 4.72 Å². The van der Waals surface area contributed by atoms with Gasteiger partial charge < -0.3 is 9.84 Å². The van der Waals surface area contributed by atoms with Crippen LogP contribution in [-0.2, 0) is 10.0 Å². The predicted octanol–water partition coefficient (Wildman–Crippen LogP) is 2.15. The molecule has 0 aliphatic rings. The van der Waals surface area contributed by atoms with E-state index in [4.69, 9.17) is 9.84 Å². The van der Waals surface area contributed by atoms with Crippen molar-refractivity contribution in [3.63, 3.8) is 0 Å². The molecule has 1 aromatic carbocycles. The smallest absolute Gasteiger partial charge is 0.346 e. The van der Waals surface area contributed by atoms with Crippen molar-refractivity contribution in [2.24, 2.45) is 0 Å². The lowest BCUT2D eigenvalue weighted by molar-refractivity contribution is 0.0702. The normalized spacial score (nSPS) is 11.2. The van der Waals surface area contributed by atoms with Crippen LogP contribution in [0, 0.1) is 0 Å². The van der Waals surface area contributed by atoms with Crippen LogP contribution in [0.3, 0.4) is 0 Å². The lowest BCUT2D eigenvalue weighted by Gasteiger charge is -2.05. The molecule has 20 heavy (non-hydrogen) atoms. The molecular weight excluding hydrogens is 302 g/mol. The van der Waals surface area contributed by atoms with Crippen LogP contribution in [0.5, 0.6) is 11.5 Å². The van der Waals surface area contributed by atoms with Gasteiger partial charge >= 0.3 is 5.97 Å². The molecule has 0 aliphatic carbocycles. The first kappa shape index (κ1) is 14.5. The molecule has 0 unspecified atom stereocenters. The number of carbonyl (C=O) groups is 1. The second-order valence-corrected chi connectivity index (χ2v) is 6.53. The highest BCUT2D eigenvalue weighted by molar-refractivity contribution is 7.89. The number of benzene rings is 1. The number of carboxylic acid groups (broad SMARTS) is 1. The maximum atomic E-state index is 11.5. The summed E-state index contributed by atoms with van der Waals surface area (Å²) in [6.07, 6.45) is 0. The molecule has 8 heteroatoms. The van der Waals surface area contributed by atoms with Crippen LogP contribution < -0.4 is 9.46 Å². The predicted molar refractivity (Wildman–Crippen MR) is 74.0 cm³/mol. The van der Waals surface area contributed by atoms with Crippen molar-refractivity contribution in [3.05, 3.63) is 40.6 Å². The quantitative estimate of drug-likeness (QED) is 0.882. The largest absolute Gasteiger partial charge is 0.477 e. The Morgan fingerprint density at radius 1 is 1.25 bits per heavy atom. The first-order chi connectivity index (χ1) is 9.42. The summed E-state index contributed by atoms with van der Waals surface area (Å²) in [5.74, 6) is -0.188. The summed E-state index contributed by atoms with van der Waals surface area (Å²) < 4.78 is 30.7. The minimum Gasteiger partial charge on any atom is -0.477 e. The Balaban J connectivity index is 2.16. The van der Waals surface area contributed by atoms with Crippen molar-refractivity contribution in [1.82, 2.24) is 4.72 Å². The Morgan fingerprint density at radius 2 is 1.90 bits per heavy atom. The van der Waals surface area contributed by atoms with Crippen LogP contribution in [-0.4, -0.2) is 26.5 Å². The fourth-order valence-corrected chi connectivity index (χ4v) is 2.80. The molecule has 0 fully saturated rings. The molecule has 0 aliphatic heterocycles. The minimum absolute atomic E-state index is 0.129. The topological polar surface area (TPSA) is 92.7 Å². The van der Waals surface area contributed by atoms with Gasteiger partial charge in [0.1, 0.15) is 16.4 Å². The highest BCUT2D eigenvalue weighted by Gasteiger charge is 2.12. The highest BCUT2D eigenvalue weighted by Crippen LogP contribution is 2.27. The van der Waals surface area contributed by atoms with Crippen LogP contribution in [0.15, 0.2) is 40.6 Å². The SMILES string of the molecule is CNS(=O)(=O)c1ccc(Oc2csc(C(=O)O)c2)cc1. The molecule has 0 saturated carbocycles. The van der Waals surface area contributed by atoms with Gasteiger partial charge in [0.25, 0.3) is 0 Å². The number of thiophene rings is 1. The third-order valence-corrected chi connectivity index (χ3v) is 4.75. The molecule has 0 spiro atoms. The number of ether oxygens (including phenoxy) is 1. The van der Waals surface area contributed by atoms with Gasteiger partial charge in [0, 0.05) is 11.4 Å². The van der Waals surface area contributed by atoms with Crippen LogP contribution >= 0.6 is 11.3 Å². The van der Waals surface area contributed by atoms with E-state index >= 15 is 0 Å². The van der Waals surface area contributed by atoms with Crippen molar-refractivity contribution < 1.29 is 23.1 Å². The molecule has 2 N–H and O–H groups in total. The molecule has 2 rings (SSSR count). The second-order valence-electron chi connectivity index (χ2n) is 3.73. The molecular formula is C12H11NO5S2. The number of rotatable bonds is 5. The van der Waals surface area contributed by atoms with Crippen LogP contribution in [0.25, 0.3) is 0 Å². The Hall–Kier alpha value is -1.90. The first-order valence-electron chi connectivity index (χ1n) is 5.45. The van der Waals surface area contributed by atoms with E-state index in [9.17, 15) is 13.2 Å². The third-order valence-electron chi connectivity index (χ3n) is 2.42. The summed E-state index contributed by atoms with van der Waals surface area (Å²) in [6, 6.07) is 7.23. The number of aromatic carboxylic acids is 1. The van der Waals surface area contributed by atoms with Crippen molar-refractivity contribution >= 4 is 27.3 Å². The zero-order chi connectivity index (χ0) is 14.8. The average molecular weight is 313 g/mol. The van der Waals surface area contributed by atoms with E-state index in [0.717, 1.165) is 11.3 Å². The van der Waals surface area contributed by atoms with Gasteiger partial charge in [-0.2, -0.15) is 0 Å². The van der Waals surface area contributed by atoms with E-state index in [-0.39, 0.29) is 9.77 Å². The van der Waals surface area contributed by atoms with Gasteiger partial charge in [0.15, 0.2) is 0 Å². The number of hydrogen-bond donors (Lipinski definition) is 2. The Morgan fingerprint density at radius 3 is 2.40 bits per heavy atom. The van der Waals surface area contributed by atoms with Crippen molar-refractivity contribution in [2.45, 2.75) is 4.90 Å². The lowest BCUT2D eigenvalue weighted by Crippen LogP contribution is -2.18. The molecule has 2 aromatic rings. The van der Waals surface area contributed by atoms with Crippen LogP contribution in [0.1, 0.15) is 9.67 Å². The minimum atomic E-state index is -3.48. The van der Waals surface area contributed by atoms with E-state index in [1.165, 1.54) is 37.4 Å². The summed E-state index contributed by atoms with van der Waals surface area (Å²) in [5.41, 5.74) is 0. The van der Waals surface area contributed by atoms with Gasteiger partial charge in [-0.25, -0.2) is 17.9 Å². The van der Waals surface area contributed by atoms with Crippen LogP contribution in [0.4, 0.5) is 0 Å². The van der Waals surface area contributed by atoms with Gasteiger partial charge in [-0.15, -0.1) is 11.3 Å². The molecule has 1 heterocycles. The standard InChI is InChI=1S/C12H11NO5S2/c1-13-20(16,17)10-4-2-8(3-5-10)18-9-6-11(12(14)15)19-7-9/h2-7,13H,1H3,(H,14,15). The van der Waals surface area contributed by atoms with Gasteiger partial charge in [0.2, 0.25) is 10.0 Å². The van der Waals surface area contributed by atoms with Crippen molar-refractivity contribution in [2.75, 3.05) is 7.05 Å². The molecule has 106 valence electrons. The lowest BCUT2D eigenvalue weighted by atomic mass is 10.3. The summed E-state index contributed by atoms with van der Waals surface area (Å²) in [4.78, 5) is 11.0. The molecule has 6 nitrogen and oxygen atoms in total. The zero-order valence-corrected chi connectivity index (χ0v) is 12.0. The molecule has 0 bridgehead atoms. The van der Waals surface area contributed by atoms with Gasteiger partial charge in [-0.1, -0.05) is 0 Å². The fraction of sp³-hybridized carbons (Fsp3) is 0.0833. The maximum Gasteiger partial charge on any atom is 0.346 e. The van der Waals surface area contributed by atoms with E-state index in [0.29, 0.717) is 11.5 Å². The summed E-state index contributed by atoms with van der Waals surface area (Å²) in [7, 11) is -2.14. The summed E-state index contributed by atoms with van der Waals surface area (Å²) in [6.45, 7) is 0. The molecule has 0 atom stereocenters. The Labute approximate surface area is 119 Å². The van der Waals surface area contributed by atoms with E-state index in [1.807, 2.05) is 0 Å². The summed E-state index contributed by atoms with van der Waals surface area (Å²) in [5, 5.41) is 10.4. The van der Waals surface area contributed by atoms with Gasteiger partial charge in [-0.05, 0) is 31.3 Å². The maximum absolute atomic E-state index is 11.5. The monoisotopic (exact) mass is 313 g/mol. The Kier molecular flexibility index (Phi) is 4.07. The van der Waals surface area contributed by atoms with E-state index in [1.54, 1.807) is 5.38 Å². The van der Waals surface area contributed by atoms with Crippen molar-refractivity contribution in [1.29, 1.82) is 0 Å². The first-order valence-corrected chi connectivity index (χ1v) is 7.82. The molecule has 0 radical (unpaired) electrons. The van der Waals surface area contributed by atoms with E-state index < -0.39 is 16.0 Å². The fourth-order valence-electron chi connectivity index (χ4n) is 1.43. The number of nitrogens with one attached hydrogen (secondary N) is 1. The number of hydrogen-bond acceptors (Lipinski definition) is 5. The van der Waals surface area contributed by atoms with Crippen LogP contribution in [0.2, 0.25) is 0 Å². The number of sulfonamides is 1. The molecule has 0 saturated heterocycles. The molecule has 1 aromatic heterocycles. The Bertz CT molecular complexity index is 719. The van der Waals surface area contributed by atoms with Gasteiger partial charge in [-0.3, -0.25) is 0 Å². The third kappa shape index (κ3) is 3.16. The molecule has 0 amide bonds. The summed E-state index contributed by atoms with van der Waals surface area (Å²) >= 11 is 1.06. The van der Waals surface area contributed by atoms with Gasteiger partial charge in [0.05, 0.1) is 4.90 Å². The highest BCUT2D eigenvalue weighted by atomic mass is 32.2.